The molecule has 33 heavy (non-hydrogen) atoms. The van der Waals surface area contributed by atoms with Gasteiger partial charge < -0.3 is 15.1 Å². The van der Waals surface area contributed by atoms with Gasteiger partial charge in [0.25, 0.3) is 0 Å². The third-order valence-electron chi connectivity index (χ3n) is 6.77. The minimum Gasteiger partial charge on any atom is -0.338 e. The Bertz CT molecular complexity index is 1070. The Morgan fingerprint density at radius 2 is 1.67 bits per heavy atom. The number of benzene rings is 2. The minimum atomic E-state index is -2.56. The summed E-state index contributed by atoms with van der Waals surface area (Å²) in [5.74, 6) is 0.308. The first-order chi connectivity index (χ1) is 15.9. The van der Waals surface area contributed by atoms with Gasteiger partial charge in [-0.15, -0.1) is 0 Å². The van der Waals surface area contributed by atoms with Crippen molar-refractivity contribution in [2.45, 2.75) is 25.9 Å². The summed E-state index contributed by atoms with van der Waals surface area (Å²) >= 11 is 0. The van der Waals surface area contributed by atoms with Crippen molar-refractivity contribution in [1.82, 2.24) is 9.80 Å². The van der Waals surface area contributed by atoms with Gasteiger partial charge in [0.05, 0.1) is 5.92 Å². The Hall–Kier alpha value is -2.81. The summed E-state index contributed by atoms with van der Waals surface area (Å²) in [5.41, 5.74) is 5.42. The summed E-state index contributed by atoms with van der Waals surface area (Å²) in [7, 11) is -2.56. The van der Waals surface area contributed by atoms with Crippen LogP contribution in [0.2, 0.25) is 0 Å². The van der Waals surface area contributed by atoms with Crippen LogP contribution in [-0.4, -0.2) is 55.4 Å². The van der Waals surface area contributed by atoms with Gasteiger partial charge in [-0.1, -0.05) is 42.5 Å². The topological polar surface area (TPSA) is 93.1 Å². The van der Waals surface area contributed by atoms with Crippen molar-refractivity contribution >= 4 is 33.8 Å². The maximum absolute atomic E-state index is 12.7. The number of hydrogen-bond donors (Lipinski definition) is 3. The van der Waals surface area contributed by atoms with Crippen LogP contribution in [-0.2, 0) is 17.9 Å². The second-order valence-corrected chi connectivity index (χ2v) is 11.4. The van der Waals surface area contributed by atoms with E-state index in [9.17, 15) is 18.7 Å². The van der Waals surface area contributed by atoms with Crippen molar-refractivity contribution in [2.75, 3.05) is 29.9 Å². The van der Waals surface area contributed by atoms with E-state index in [0.29, 0.717) is 38.4 Å². The average Bonchev–Trinajstić information content (AvgIpc) is 3.42. The van der Waals surface area contributed by atoms with Crippen LogP contribution in [0.25, 0.3) is 5.57 Å². The van der Waals surface area contributed by atoms with Crippen molar-refractivity contribution in [1.29, 1.82) is 0 Å². The maximum atomic E-state index is 12.7. The molecule has 3 aliphatic heterocycles. The van der Waals surface area contributed by atoms with E-state index >= 15 is 0 Å². The van der Waals surface area contributed by atoms with Crippen LogP contribution in [0.1, 0.15) is 29.5 Å². The molecule has 7 nitrogen and oxygen atoms in total. The van der Waals surface area contributed by atoms with Crippen molar-refractivity contribution < 1.29 is 18.7 Å². The van der Waals surface area contributed by atoms with Crippen LogP contribution >= 0.6 is 10.6 Å². The lowest BCUT2D eigenvalue weighted by Gasteiger charge is -2.30. The molecule has 1 atom stereocenters. The van der Waals surface area contributed by atoms with E-state index in [2.05, 4.69) is 23.5 Å². The number of carbonyl (C=O) groups excluding carboxylic acids is 2. The molecule has 3 heterocycles. The second-order valence-electron chi connectivity index (χ2n) is 9.05. The van der Waals surface area contributed by atoms with Gasteiger partial charge in [-0.3, -0.25) is 13.9 Å². The lowest BCUT2D eigenvalue weighted by molar-refractivity contribution is -0.134. The third-order valence-corrected chi connectivity index (χ3v) is 8.59. The lowest BCUT2D eigenvalue weighted by atomic mass is 9.98. The van der Waals surface area contributed by atoms with E-state index in [-0.39, 0.29) is 23.6 Å². The predicted octanol–water partition coefficient (Wildman–Crippen LogP) is 4.62. The number of nitrogens with one attached hydrogen (secondary N) is 1. The highest BCUT2D eigenvalue weighted by Crippen LogP contribution is 2.48. The van der Waals surface area contributed by atoms with Gasteiger partial charge in [-0.2, -0.15) is 10.6 Å². The summed E-state index contributed by atoms with van der Waals surface area (Å²) in [5, 5.41) is 2.98. The SMILES string of the molecule is O=C(Nc1ccc(C2=CCN(C(=O)C3CCS(O)(O)C3)CC2)cc1)N1Cc2ccccc2C1. The molecule has 0 saturated carbocycles. The van der Waals surface area contributed by atoms with Crippen molar-refractivity contribution in [3.05, 3.63) is 71.3 Å². The molecule has 8 heteroatoms. The van der Waals surface area contributed by atoms with Gasteiger partial charge in [0.1, 0.15) is 0 Å². The lowest BCUT2D eigenvalue weighted by Crippen LogP contribution is -2.39. The number of amides is 3. The average molecular weight is 468 g/mol. The molecule has 0 spiro atoms. The van der Waals surface area contributed by atoms with Gasteiger partial charge in [-0.05, 0) is 47.2 Å². The van der Waals surface area contributed by atoms with E-state index in [1.807, 2.05) is 41.3 Å². The first kappa shape index (κ1) is 22.0. The van der Waals surface area contributed by atoms with Crippen molar-refractivity contribution in [3.63, 3.8) is 0 Å². The Morgan fingerprint density at radius 1 is 0.970 bits per heavy atom. The number of fused-ring (bicyclic) bond motifs is 1. The Balaban J connectivity index is 1.16. The van der Waals surface area contributed by atoms with E-state index in [1.165, 1.54) is 16.7 Å². The predicted molar refractivity (Wildman–Crippen MR) is 131 cm³/mol. The zero-order chi connectivity index (χ0) is 23.0. The summed E-state index contributed by atoms with van der Waals surface area (Å²) in [4.78, 5) is 29.0. The highest BCUT2D eigenvalue weighted by molar-refractivity contribution is 8.24. The zero-order valence-electron chi connectivity index (χ0n) is 18.4. The summed E-state index contributed by atoms with van der Waals surface area (Å²) < 4.78 is 19.6. The van der Waals surface area contributed by atoms with E-state index in [1.54, 1.807) is 4.90 Å². The Morgan fingerprint density at radius 3 is 2.24 bits per heavy atom. The fraction of sp³-hybridized carbons (Fsp3) is 0.360. The molecule has 0 radical (unpaired) electrons. The number of nitrogens with zero attached hydrogens (tertiary/aromatic N) is 2. The second kappa shape index (κ2) is 8.85. The summed E-state index contributed by atoms with van der Waals surface area (Å²) in [6, 6.07) is 15.9. The third kappa shape index (κ3) is 4.78. The van der Waals surface area contributed by atoms with E-state index < -0.39 is 10.6 Å². The van der Waals surface area contributed by atoms with Crippen LogP contribution in [0.4, 0.5) is 10.5 Å². The first-order valence-corrected chi connectivity index (χ1v) is 13.2. The number of anilines is 1. The molecule has 0 bridgehead atoms. The monoisotopic (exact) mass is 467 g/mol. The van der Waals surface area contributed by atoms with Crippen LogP contribution < -0.4 is 5.32 Å². The summed E-state index contributed by atoms with van der Waals surface area (Å²) in [6.07, 6.45) is 3.39. The molecule has 2 aromatic rings. The van der Waals surface area contributed by atoms with E-state index in [0.717, 1.165) is 17.7 Å². The molecule has 5 rings (SSSR count). The number of urea groups is 1. The van der Waals surface area contributed by atoms with Crippen molar-refractivity contribution in [2.24, 2.45) is 5.92 Å². The molecule has 2 aromatic carbocycles. The minimum absolute atomic E-state index is 0.0323. The normalized spacial score (nSPS) is 22.5. The van der Waals surface area contributed by atoms with Crippen LogP contribution in [0, 0.1) is 5.92 Å². The number of hydrogen-bond acceptors (Lipinski definition) is 4. The maximum Gasteiger partial charge on any atom is 0.322 e. The molecule has 174 valence electrons. The van der Waals surface area contributed by atoms with Crippen LogP contribution in [0.5, 0.6) is 0 Å². The van der Waals surface area contributed by atoms with Gasteiger partial charge in [0.15, 0.2) is 0 Å². The molecule has 1 fully saturated rings. The smallest absolute Gasteiger partial charge is 0.322 e. The van der Waals surface area contributed by atoms with Crippen LogP contribution in [0.15, 0.2) is 54.6 Å². The molecule has 0 aliphatic carbocycles. The Kier molecular flexibility index (Phi) is 5.90. The van der Waals surface area contributed by atoms with Gasteiger partial charge >= 0.3 is 6.03 Å². The van der Waals surface area contributed by atoms with Gasteiger partial charge in [0.2, 0.25) is 5.91 Å². The van der Waals surface area contributed by atoms with Crippen molar-refractivity contribution in [3.8, 4) is 0 Å². The fourth-order valence-corrected chi connectivity index (χ4v) is 6.63. The quantitative estimate of drug-likeness (QED) is 0.614. The number of rotatable bonds is 3. The molecule has 0 aromatic heterocycles. The Labute approximate surface area is 195 Å². The standard InChI is InChI=1S/C25H29N3O4S/c29-24(22-11-14-33(31,32)17-22)27-12-9-19(10-13-27)18-5-7-23(8-6-18)26-25(30)28-15-20-3-1-2-4-21(20)16-28/h1-9,22,31-32H,10-17H2,(H,26,30). The molecule has 3 aliphatic rings. The highest BCUT2D eigenvalue weighted by atomic mass is 32.3. The molecular formula is C25H29N3O4S. The molecule has 3 N–H and O–H groups in total. The molecule has 3 amide bonds. The van der Waals surface area contributed by atoms with E-state index in [4.69, 9.17) is 0 Å². The molecule has 1 unspecified atom stereocenters. The highest BCUT2D eigenvalue weighted by Gasteiger charge is 2.35. The van der Waals surface area contributed by atoms with Crippen LogP contribution in [0.3, 0.4) is 0 Å². The van der Waals surface area contributed by atoms with Gasteiger partial charge in [-0.25, -0.2) is 4.79 Å². The largest absolute Gasteiger partial charge is 0.338 e. The number of carbonyl (C=O) groups is 2. The van der Waals surface area contributed by atoms with Gasteiger partial charge in [0, 0.05) is 43.4 Å². The summed E-state index contributed by atoms with van der Waals surface area (Å²) in [6.45, 7) is 2.43. The zero-order valence-corrected chi connectivity index (χ0v) is 19.3. The fourth-order valence-electron chi connectivity index (χ4n) is 4.85. The molecular weight excluding hydrogens is 438 g/mol. The first-order valence-electron chi connectivity index (χ1n) is 11.3. The molecule has 1 saturated heterocycles.